The van der Waals surface area contributed by atoms with Crippen molar-refractivity contribution in [2.45, 2.75) is 19.6 Å². The van der Waals surface area contributed by atoms with Crippen molar-refractivity contribution in [3.8, 4) is 11.3 Å². The molecule has 1 aromatic carbocycles. The number of aromatic nitrogens is 2. The first-order chi connectivity index (χ1) is 12.7. The van der Waals surface area contributed by atoms with Crippen molar-refractivity contribution in [1.82, 2.24) is 9.55 Å². The van der Waals surface area contributed by atoms with Crippen LogP contribution in [0.25, 0.3) is 11.3 Å². The fraction of sp³-hybridized carbons (Fsp3) is 0.167. The molecule has 0 radical (unpaired) electrons. The summed E-state index contributed by atoms with van der Waals surface area (Å²) in [6, 6.07) is 8.66. The number of pyridine rings is 1. The van der Waals surface area contributed by atoms with E-state index in [1.807, 2.05) is 12.3 Å². The van der Waals surface area contributed by atoms with Gasteiger partial charge in [-0.15, -0.1) is 11.3 Å². The Morgan fingerprint density at radius 2 is 1.93 bits per heavy atom. The first-order valence-corrected chi connectivity index (χ1v) is 8.71. The summed E-state index contributed by atoms with van der Waals surface area (Å²) < 4.78 is 39.0. The molecule has 1 amide bonds. The molecule has 3 aromatic rings. The maximum Gasteiger partial charge on any atom is 0.421 e. The van der Waals surface area contributed by atoms with Crippen molar-refractivity contribution in [1.29, 1.82) is 0 Å². The highest BCUT2D eigenvalue weighted by atomic mass is 32.1. The summed E-state index contributed by atoms with van der Waals surface area (Å²) in [5.74, 6) is -0.603. The number of nitrogens with one attached hydrogen (secondary N) is 1. The molecule has 0 aliphatic heterocycles. The number of nitrogens with zero attached hydrogens (tertiary/aromatic N) is 2. The molecule has 9 heteroatoms. The number of carbonyl (C=O) groups excluding carboxylic acids is 1. The molecule has 5 nitrogen and oxygen atoms in total. The van der Waals surface area contributed by atoms with Gasteiger partial charge in [0, 0.05) is 22.8 Å². The van der Waals surface area contributed by atoms with Gasteiger partial charge < -0.3 is 9.88 Å². The molecule has 0 saturated heterocycles. The topological polar surface area (TPSA) is 64.0 Å². The van der Waals surface area contributed by atoms with Crippen LogP contribution in [0, 0.1) is 6.92 Å². The van der Waals surface area contributed by atoms with E-state index < -0.39 is 29.8 Å². The highest BCUT2D eigenvalue weighted by Crippen LogP contribution is 2.26. The molecule has 0 spiro atoms. The van der Waals surface area contributed by atoms with Crippen LogP contribution in [0.4, 0.5) is 18.9 Å². The monoisotopic (exact) mass is 393 g/mol. The zero-order chi connectivity index (χ0) is 19.6. The van der Waals surface area contributed by atoms with Crippen molar-refractivity contribution in [3.63, 3.8) is 0 Å². The smallest absolute Gasteiger partial charge is 0.325 e. The molecule has 3 rings (SSSR count). The van der Waals surface area contributed by atoms with E-state index in [0.717, 1.165) is 33.1 Å². The lowest BCUT2D eigenvalue weighted by Crippen LogP contribution is -2.31. The van der Waals surface area contributed by atoms with Gasteiger partial charge in [0.15, 0.2) is 0 Å². The predicted molar refractivity (Wildman–Crippen MR) is 96.6 cm³/mol. The second-order valence-corrected chi connectivity index (χ2v) is 6.79. The average molecular weight is 393 g/mol. The molecule has 2 heterocycles. The Morgan fingerprint density at radius 1 is 1.22 bits per heavy atom. The van der Waals surface area contributed by atoms with Crippen LogP contribution >= 0.6 is 11.3 Å². The lowest BCUT2D eigenvalue weighted by atomic mass is 10.1. The van der Waals surface area contributed by atoms with Gasteiger partial charge in [-0.2, -0.15) is 13.2 Å². The second kappa shape index (κ2) is 7.36. The number of amides is 1. The average Bonchev–Trinajstić information content (AvgIpc) is 3.03. The minimum Gasteiger partial charge on any atom is -0.325 e. The SMILES string of the molecule is Cc1nc(-c2ccc(NC(=O)Cn3cccc(C(F)(F)F)c3=O)cc2)cs1. The van der Waals surface area contributed by atoms with E-state index in [1.54, 1.807) is 24.3 Å². The van der Waals surface area contributed by atoms with Gasteiger partial charge in [0.2, 0.25) is 5.91 Å². The summed E-state index contributed by atoms with van der Waals surface area (Å²) in [5, 5.41) is 5.42. The number of anilines is 1. The van der Waals surface area contributed by atoms with Crippen LogP contribution in [0.1, 0.15) is 10.6 Å². The first-order valence-electron chi connectivity index (χ1n) is 7.83. The van der Waals surface area contributed by atoms with Gasteiger partial charge in [0.05, 0.1) is 10.7 Å². The van der Waals surface area contributed by atoms with Crippen molar-refractivity contribution in [3.05, 3.63) is 68.9 Å². The number of hydrogen-bond donors (Lipinski definition) is 1. The minimum absolute atomic E-state index is 0.468. The summed E-state index contributed by atoms with van der Waals surface area (Å²) >= 11 is 1.53. The Hall–Kier alpha value is -2.94. The largest absolute Gasteiger partial charge is 0.421 e. The van der Waals surface area contributed by atoms with Gasteiger partial charge in [-0.3, -0.25) is 9.59 Å². The lowest BCUT2D eigenvalue weighted by Gasteiger charge is -2.11. The maximum atomic E-state index is 12.8. The van der Waals surface area contributed by atoms with Gasteiger partial charge in [-0.25, -0.2) is 4.98 Å². The maximum absolute atomic E-state index is 12.8. The highest BCUT2D eigenvalue weighted by Gasteiger charge is 2.34. The van der Waals surface area contributed by atoms with Crippen LogP contribution in [0.2, 0.25) is 0 Å². The molecule has 1 N–H and O–H groups in total. The lowest BCUT2D eigenvalue weighted by molar-refractivity contribution is -0.139. The quantitative estimate of drug-likeness (QED) is 0.730. The van der Waals surface area contributed by atoms with Crippen molar-refractivity contribution >= 4 is 22.9 Å². The third kappa shape index (κ3) is 4.43. The second-order valence-electron chi connectivity index (χ2n) is 5.73. The van der Waals surface area contributed by atoms with Crippen molar-refractivity contribution < 1.29 is 18.0 Å². The number of aryl methyl sites for hydroxylation is 1. The Labute approximate surface area is 156 Å². The molecule has 27 heavy (non-hydrogen) atoms. The van der Waals surface area contributed by atoms with Gasteiger partial charge >= 0.3 is 6.18 Å². The molecule has 2 aromatic heterocycles. The molecule has 0 fully saturated rings. The molecule has 0 aliphatic carbocycles. The van der Waals surface area contributed by atoms with Crippen LogP contribution in [-0.2, 0) is 17.5 Å². The van der Waals surface area contributed by atoms with E-state index in [2.05, 4.69) is 10.3 Å². The normalized spacial score (nSPS) is 11.4. The van der Waals surface area contributed by atoms with Crippen molar-refractivity contribution in [2.75, 3.05) is 5.32 Å². The fourth-order valence-electron chi connectivity index (χ4n) is 2.45. The Morgan fingerprint density at radius 3 is 2.52 bits per heavy atom. The summed E-state index contributed by atoms with van der Waals surface area (Å²) in [6.07, 6.45) is -3.62. The number of rotatable bonds is 4. The van der Waals surface area contributed by atoms with Crippen LogP contribution < -0.4 is 10.9 Å². The highest BCUT2D eigenvalue weighted by molar-refractivity contribution is 7.09. The molecule has 0 atom stereocenters. The fourth-order valence-corrected chi connectivity index (χ4v) is 3.07. The molecule has 0 saturated carbocycles. The number of thiazole rings is 1. The van der Waals surface area contributed by atoms with Crippen molar-refractivity contribution in [2.24, 2.45) is 0 Å². The van der Waals surface area contributed by atoms with E-state index in [1.165, 1.54) is 11.3 Å². The predicted octanol–water partition coefficient (Wildman–Crippen LogP) is 3.94. The van der Waals surface area contributed by atoms with Gasteiger partial charge in [0.1, 0.15) is 12.1 Å². The number of alkyl halides is 3. The minimum atomic E-state index is -4.76. The molecular formula is C18H14F3N3O2S. The van der Waals surface area contributed by atoms with E-state index in [9.17, 15) is 22.8 Å². The summed E-state index contributed by atoms with van der Waals surface area (Å²) in [6.45, 7) is 1.38. The summed E-state index contributed by atoms with van der Waals surface area (Å²) in [7, 11) is 0. The molecule has 0 bridgehead atoms. The van der Waals surface area contributed by atoms with Crippen LogP contribution in [-0.4, -0.2) is 15.5 Å². The Bertz CT molecular complexity index is 1020. The zero-order valence-corrected chi connectivity index (χ0v) is 14.9. The Kier molecular flexibility index (Phi) is 5.13. The van der Waals surface area contributed by atoms with Gasteiger partial charge in [0.25, 0.3) is 5.56 Å². The molecule has 0 aliphatic rings. The Balaban J connectivity index is 1.71. The number of halogens is 3. The number of benzene rings is 1. The third-order valence-electron chi connectivity index (χ3n) is 3.72. The summed E-state index contributed by atoms with van der Waals surface area (Å²) in [4.78, 5) is 28.3. The standard InChI is InChI=1S/C18H14F3N3O2S/c1-11-22-15(10-27-11)12-4-6-13(7-5-12)23-16(25)9-24-8-2-3-14(17(24)26)18(19,20)21/h2-8,10H,9H2,1H3,(H,23,25). The van der Waals surface area contributed by atoms with Gasteiger partial charge in [-0.1, -0.05) is 12.1 Å². The number of carbonyl (C=O) groups is 1. The molecular weight excluding hydrogens is 379 g/mol. The van der Waals surface area contributed by atoms with E-state index in [-0.39, 0.29) is 0 Å². The summed E-state index contributed by atoms with van der Waals surface area (Å²) in [5.41, 5.74) is -0.386. The number of hydrogen-bond acceptors (Lipinski definition) is 4. The van der Waals surface area contributed by atoms with Gasteiger partial charge in [-0.05, 0) is 31.2 Å². The molecule has 0 unspecified atom stereocenters. The molecule has 140 valence electrons. The van der Waals surface area contributed by atoms with Crippen LogP contribution in [0.3, 0.4) is 0 Å². The zero-order valence-electron chi connectivity index (χ0n) is 14.1. The van der Waals surface area contributed by atoms with Crippen LogP contribution in [0.5, 0.6) is 0 Å². The van der Waals surface area contributed by atoms with Crippen LogP contribution in [0.15, 0.2) is 52.8 Å². The van der Waals surface area contributed by atoms with E-state index in [0.29, 0.717) is 11.8 Å². The third-order valence-corrected chi connectivity index (χ3v) is 4.50. The van der Waals surface area contributed by atoms with E-state index >= 15 is 0 Å². The first kappa shape index (κ1) is 18.8. The van der Waals surface area contributed by atoms with E-state index in [4.69, 9.17) is 0 Å².